The minimum absolute atomic E-state index is 0.0221. The van der Waals surface area contributed by atoms with Crippen molar-refractivity contribution in [3.63, 3.8) is 0 Å². The van der Waals surface area contributed by atoms with Gasteiger partial charge < -0.3 is 14.4 Å². The lowest BCUT2D eigenvalue weighted by Gasteiger charge is -2.27. The number of aryl methyl sites for hydroxylation is 4. The van der Waals surface area contributed by atoms with Gasteiger partial charge in [0.05, 0.1) is 17.9 Å². The van der Waals surface area contributed by atoms with E-state index in [-0.39, 0.29) is 11.8 Å². The lowest BCUT2D eigenvalue weighted by atomic mass is 10.1. The molecule has 0 saturated carbocycles. The van der Waals surface area contributed by atoms with Crippen LogP contribution in [0.2, 0.25) is 0 Å². The number of hydrogen-bond donors (Lipinski definition) is 1. The zero-order valence-electron chi connectivity index (χ0n) is 20.4. The maximum atomic E-state index is 12.7. The van der Waals surface area contributed by atoms with Crippen LogP contribution in [0.15, 0.2) is 41.1 Å². The van der Waals surface area contributed by atoms with E-state index in [1.165, 1.54) is 0 Å². The van der Waals surface area contributed by atoms with E-state index in [4.69, 9.17) is 9.62 Å². The second kappa shape index (κ2) is 9.40. The molecule has 0 aliphatic carbocycles. The predicted molar refractivity (Wildman–Crippen MR) is 133 cm³/mol. The van der Waals surface area contributed by atoms with Gasteiger partial charge in [-0.2, -0.15) is 5.10 Å². The minimum Gasteiger partial charge on any atom is -0.361 e. The summed E-state index contributed by atoms with van der Waals surface area (Å²) in [5.74, 6) is 1.63. The normalized spacial score (nSPS) is 13.5. The third-order valence-corrected chi connectivity index (χ3v) is 6.71. The average Bonchev–Trinajstić information content (AvgIpc) is 3.52. The largest absolute Gasteiger partial charge is 0.361 e. The van der Waals surface area contributed by atoms with Crippen LogP contribution in [-0.4, -0.2) is 44.4 Å². The Balaban J connectivity index is 1.22. The fourth-order valence-corrected chi connectivity index (χ4v) is 4.84. The number of anilines is 1. The van der Waals surface area contributed by atoms with Crippen molar-refractivity contribution >= 4 is 28.5 Å². The third-order valence-electron chi connectivity index (χ3n) is 6.71. The molecular weight excluding hydrogens is 444 g/mol. The van der Waals surface area contributed by atoms with Crippen molar-refractivity contribution in [3.8, 4) is 11.3 Å². The number of nitrogens with one attached hydrogen (secondary N) is 1. The summed E-state index contributed by atoms with van der Waals surface area (Å²) < 4.78 is 9.17. The van der Waals surface area contributed by atoms with Crippen LogP contribution >= 0.6 is 0 Å². The van der Waals surface area contributed by atoms with Gasteiger partial charge in [0.1, 0.15) is 11.6 Å². The third kappa shape index (κ3) is 4.45. The standard InChI is InChI=1S/C26H30N6O3/c1-17-19(18(2)35-29-17)10-12-27-24(33)9-6-13-31-25-15-22(28-32(25)14-11-26(31)34)21-16-30(3)23-8-5-4-7-20(21)23/h4-5,7-8,15-16H,6,9-14H2,1-3H3,(H,27,33). The number of carbonyl (C=O) groups is 2. The second-order valence-electron chi connectivity index (χ2n) is 9.08. The number of rotatable bonds is 8. The zero-order valence-corrected chi connectivity index (χ0v) is 20.4. The average molecular weight is 475 g/mol. The summed E-state index contributed by atoms with van der Waals surface area (Å²) >= 11 is 0. The molecule has 1 aliphatic rings. The van der Waals surface area contributed by atoms with Crippen LogP contribution in [0.25, 0.3) is 22.2 Å². The van der Waals surface area contributed by atoms with Crippen LogP contribution in [0.1, 0.15) is 36.3 Å². The number of nitrogens with zero attached hydrogens (tertiary/aromatic N) is 5. The van der Waals surface area contributed by atoms with Crippen LogP contribution in [0.4, 0.5) is 5.82 Å². The summed E-state index contributed by atoms with van der Waals surface area (Å²) in [6.45, 7) is 5.36. The first-order valence-electron chi connectivity index (χ1n) is 12.0. The fraction of sp³-hybridized carbons (Fsp3) is 0.385. The smallest absolute Gasteiger partial charge is 0.229 e. The minimum atomic E-state index is -0.0221. The Morgan fingerprint density at radius 3 is 2.86 bits per heavy atom. The van der Waals surface area contributed by atoms with E-state index in [0.29, 0.717) is 45.3 Å². The molecule has 0 atom stereocenters. The Kier molecular flexibility index (Phi) is 6.15. The maximum Gasteiger partial charge on any atom is 0.229 e. The number of carbonyl (C=O) groups excluding carboxylic acids is 2. The molecule has 0 unspecified atom stereocenters. The second-order valence-corrected chi connectivity index (χ2v) is 9.08. The molecule has 1 N–H and O–H groups in total. The predicted octanol–water partition coefficient (Wildman–Crippen LogP) is 3.52. The first kappa shape index (κ1) is 22.9. The Morgan fingerprint density at radius 2 is 2.06 bits per heavy atom. The number of para-hydroxylation sites is 1. The number of aromatic nitrogens is 4. The summed E-state index contributed by atoms with van der Waals surface area (Å²) in [7, 11) is 2.02. The highest BCUT2D eigenvalue weighted by atomic mass is 16.5. The van der Waals surface area contributed by atoms with Crippen LogP contribution in [-0.2, 0) is 29.6 Å². The molecule has 0 radical (unpaired) electrons. The molecule has 9 heteroatoms. The van der Waals surface area contributed by atoms with E-state index < -0.39 is 0 Å². The van der Waals surface area contributed by atoms with Crippen LogP contribution in [0, 0.1) is 13.8 Å². The zero-order chi connectivity index (χ0) is 24.5. The topological polar surface area (TPSA) is 98.2 Å². The van der Waals surface area contributed by atoms with Crippen LogP contribution in [0.5, 0.6) is 0 Å². The molecule has 0 fully saturated rings. The molecule has 3 aromatic heterocycles. The molecule has 5 rings (SSSR count). The summed E-state index contributed by atoms with van der Waals surface area (Å²) in [6.07, 6.45) is 4.12. The quantitative estimate of drug-likeness (QED) is 0.421. The van der Waals surface area contributed by atoms with Crippen molar-refractivity contribution in [2.24, 2.45) is 7.05 Å². The molecule has 1 aliphatic heterocycles. The summed E-state index contributed by atoms with van der Waals surface area (Å²) in [5, 5.41) is 12.8. The van der Waals surface area contributed by atoms with Gasteiger partial charge in [0.25, 0.3) is 0 Å². The molecule has 182 valence electrons. The highest BCUT2D eigenvalue weighted by Gasteiger charge is 2.27. The SMILES string of the molecule is Cc1noc(C)c1CCNC(=O)CCCN1C(=O)CCn2nc(-c3cn(C)c4ccccc34)cc21. The van der Waals surface area contributed by atoms with Crippen LogP contribution in [0.3, 0.4) is 0 Å². The number of benzene rings is 1. The molecule has 1 aromatic carbocycles. The Hall–Kier alpha value is -3.88. The number of amides is 2. The lowest BCUT2D eigenvalue weighted by Crippen LogP contribution is -2.38. The summed E-state index contributed by atoms with van der Waals surface area (Å²) in [6, 6.07) is 10.2. The van der Waals surface area contributed by atoms with Crippen molar-refractivity contribution < 1.29 is 14.1 Å². The Morgan fingerprint density at radius 1 is 1.23 bits per heavy atom. The van der Waals surface area contributed by atoms with Crippen molar-refractivity contribution in [3.05, 3.63) is 53.5 Å². The number of hydrogen-bond acceptors (Lipinski definition) is 5. The lowest BCUT2D eigenvalue weighted by molar-refractivity contribution is -0.122. The molecule has 0 spiro atoms. The van der Waals surface area contributed by atoms with Crippen molar-refractivity contribution in [1.29, 1.82) is 0 Å². The molecule has 0 saturated heterocycles. The molecular formula is C26H30N6O3. The molecule has 4 aromatic rings. The van der Waals surface area contributed by atoms with E-state index in [1.807, 2.05) is 43.8 Å². The van der Waals surface area contributed by atoms with E-state index in [1.54, 1.807) is 4.90 Å². The van der Waals surface area contributed by atoms with E-state index >= 15 is 0 Å². The van der Waals surface area contributed by atoms with Gasteiger partial charge >= 0.3 is 0 Å². The summed E-state index contributed by atoms with van der Waals surface area (Å²) in [4.78, 5) is 26.8. The van der Waals surface area contributed by atoms with Crippen LogP contribution < -0.4 is 10.2 Å². The first-order valence-corrected chi connectivity index (χ1v) is 12.0. The van der Waals surface area contributed by atoms with Gasteiger partial charge in [-0.15, -0.1) is 0 Å². The van der Waals surface area contributed by atoms with E-state index in [2.05, 4.69) is 33.4 Å². The van der Waals surface area contributed by atoms with Gasteiger partial charge in [-0.25, -0.2) is 4.68 Å². The van der Waals surface area contributed by atoms with Gasteiger partial charge in [0, 0.05) is 67.3 Å². The monoisotopic (exact) mass is 474 g/mol. The Bertz CT molecular complexity index is 1380. The first-order chi connectivity index (χ1) is 16.9. The van der Waals surface area contributed by atoms with Crippen molar-refractivity contribution in [2.45, 2.75) is 46.1 Å². The maximum absolute atomic E-state index is 12.7. The van der Waals surface area contributed by atoms with Gasteiger partial charge in [-0.3, -0.25) is 14.5 Å². The Labute approximate surface area is 203 Å². The highest BCUT2D eigenvalue weighted by Crippen LogP contribution is 2.33. The molecule has 0 bridgehead atoms. The number of fused-ring (bicyclic) bond motifs is 2. The molecule has 2 amide bonds. The molecule has 35 heavy (non-hydrogen) atoms. The van der Waals surface area contributed by atoms with Gasteiger partial charge in [-0.05, 0) is 32.8 Å². The van der Waals surface area contributed by atoms with Crippen molar-refractivity contribution in [1.82, 2.24) is 24.8 Å². The van der Waals surface area contributed by atoms with Gasteiger partial charge in [-0.1, -0.05) is 23.4 Å². The highest BCUT2D eigenvalue weighted by molar-refractivity contribution is 5.98. The van der Waals surface area contributed by atoms with Crippen molar-refractivity contribution in [2.75, 3.05) is 18.0 Å². The fourth-order valence-electron chi connectivity index (χ4n) is 4.84. The van der Waals surface area contributed by atoms with E-state index in [9.17, 15) is 9.59 Å². The van der Waals surface area contributed by atoms with Gasteiger partial charge in [0.2, 0.25) is 11.8 Å². The summed E-state index contributed by atoms with van der Waals surface area (Å²) in [5.41, 5.74) is 4.95. The molecule has 4 heterocycles. The van der Waals surface area contributed by atoms with E-state index in [0.717, 1.165) is 45.0 Å². The van der Waals surface area contributed by atoms with Gasteiger partial charge in [0.15, 0.2) is 0 Å². The molecule has 9 nitrogen and oxygen atoms in total.